The first-order valence-corrected chi connectivity index (χ1v) is 7.89. The molecule has 0 saturated carbocycles. The fourth-order valence-electron chi connectivity index (χ4n) is 2.89. The van der Waals surface area contributed by atoms with Gasteiger partial charge in [0, 0.05) is 16.8 Å². The van der Waals surface area contributed by atoms with Gasteiger partial charge in [0.05, 0.1) is 17.6 Å². The second-order valence-electron chi connectivity index (χ2n) is 5.99. The molecule has 0 unspecified atom stereocenters. The first-order chi connectivity index (χ1) is 11.5. The lowest BCUT2D eigenvalue weighted by molar-refractivity contribution is -0.115. The minimum absolute atomic E-state index is 0.00326. The van der Waals surface area contributed by atoms with Crippen LogP contribution in [-0.4, -0.2) is 27.7 Å². The first kappa shape index (κ1) is 16.0. The normalized spacial score (nSPS) is 11.9. The number of para-hydroxylation sites is 1. The van der Waals surface area contributed by atoms with E-state index < -0.39 is 0 Å². The van der Waals surface area contributed by atoms with Crippen LogP contribution in [0.3, 0.4) is 0 Å². The number of aromatic nitrogens is 1. The Balaban J connectivity index is 2.30. The quantitative estimate of drug-likeness (QED) is 0.738. The minimum atomic E-state index is -0.00326. The Morgan fingerprint density at radius 3 is 2.50 bits per heavy atom. The molecule has 0 aliphatic rings. The summed E-state index contributed by atoms with van der Waals surface area (Å²) in [6, 6.07) is 15.8. The molecule has 0 amide bonds. The molecule has 2 aromatic carbocycles. The van der Waals surface area contributed by atoms with Gasteiger partial charge in [-0.3, -0.25) is 14.4 Å². The maximum absolute atomic E-state index is 11.2. The number of rotatable bonds is 4. The van der Waals surface area contributed by atoms with Crippen molar-refractivity contribution in [3.05, 3.63) is 59.7 Å². The maximum atomic E-state index is 11.2. The van der Waals surface area contributed by atoms with Gasteiger partial charge in [0.15, 0.2) is 5.78 Å². The summed E-state index contributed by atoms with van der Waals surface area (Å²) < 4.78 is 1.82. The van der Waals surface area contributed by atoms with E-state index in [1.54, 1.807) is 0 Å². The molecule has 0 saturated heterocycles. The van der Waals surface area contributed by atoms with Crippen LogP contribution in [0.4, 0.5) is 0 Å². The molecule has 1 aromatic heterocycles. The van der Waals surface area contributed by atoms with Crippen molar-refractivity contribution in [3.63, 3.8) is 0 Å². The Morgan fingerprint density at radius 1 is 1.12 bits per heavy atom. The Labute approximate surface area is 141 Å². The molecule has 0 fully saturated rings. The molecular formula is C20H20N2O2. The predicted octanol–water partition coefficient (Wildman–Crippen LogP) is 4.04. The van der Waals surface area contributed by atoms with E-state index >= 15 is 0 Å². The van der Waals surface area contributed by atoms with Gasteiger partial charge in [-0.2, -0.15) is 0 Å². The van der Waals surface area contributed by atoms with Gasteiger partial charge in [-0.15, -0.1) is 0 Å². The van der Waals surface area contributed by atoms with Crippen LogP contribution in [0.2, 0.25) is 0 Å². The van der Waals surface area contributed by atoms with E-state index in [1.165, 1.54) is 6.92 Å². The molecule has 24 heavy (non-hydrogen) atoms. The zero-order valence-electron chi connectivity index (χ0n) is 14.1. The van der Waals surface area contributed by atoms with Gasteiger partial charge in [0.2, 0.25) is 5.88 Å². The molecule has 1 heterocycles. The summed E-state index contributed by atoms with van der Waals surface area (Å²) >= 11 is 0. The number of fused-ring (bicyclic) bond motifs is 1. The van der Waals surface area contributed by atoms with Crippen molar-refractivity contribution >= 4 is 22.4 Å². The molecule has 0 radical (unpaired) electrons. The summed E-state index contributed by atoms with van der Waals surface area (Å²) in [6.45, 7) is 5.48. The SMILES string of the molecule is CC(=O)CN=C(C)c1c(O)n(-c2ccccc2)c2cc(C)ccc12. The molecule has 0 aliphatic heterocycles. The summed E-state index contributed by atoms with van der Waals surface area (Å²) in [5.41, 5.74) is 4.26. The van der Waals surface area contributed by atoms with Gasteiger partial charge in [-0.05, 0) is 44.5 Å². The standard InChI is InChI=1S/C20H20N2O2/c1-13-9-10-17-18(11-13)22(16-7-5-4-6-8-16)20(24)19(17)15(3)21-12-14(2)23/h4-11,24H,12H2,1-3H3. The smallest absolute Gasteiger partial charge is 0.206 e. The largest absolute Gasteiger partial charge is 0.494 e. The van der Waals surface area contributed by atoms with E-state index in [0.29, 0.717) is 11.3 Å². The Kier molecular flexibility index (Phi) is 4.21. The van der Waals surface area contributed by atoms with Crippen LogP contribution in [0.15, 0.2) is 53.5 Å². The third kappa shape index (κ3) is 2.83. The lowest BCUT2D eigenvalue weighted by Gasteiger charge is -2.07. The number of carbonyl (C=O) groups excluding carboxylic acids is 1. The zero-order chi connectivity index (χ0) is 17.3. The van der Waals surface area contributed by atoms with Gasteiger partial charge in [0.1, 0.15) is 0 Å². The van der Waals surface area contributed by atoms with Crippen LogP contribution in [0.1, 0.15) is 25.0 Å². The van der Waals surface area contributed by atoms with E-state index in [1.807, 2.05) is 66.9 Å². The highest BCUT2D eigenvalue weighted by Crippen LogP contribution is 2.35. The van der Waals surface area contributed by atoms with E-state index in [9.17, 15) is 9.90 Å². The fraction of sp³-hybridized carbons (Fsp3) is 0.200. The zero-order valence-corrected chi connectivity index (χ0v) is 14.1. The van der Waals surface area contributed by atoms with Gasteiger partial charge >= 0.3 is 0 Å². The second-order valence-corrected chi connectivity index (χ2v) is 5.99. The fourth-order valence-corrected chi connectivity index (χ4v) is 2.89. The molecular weight excluding hydrogens is 300 g/mol. The van der Waals surface area contributed by atoms with Crippen LogP contribution in [0.5, 0.6) is 5.88 Å². The van der Waals surface area contributed by atoms with Crippen molar-refractivity contribution in [2.24, 2.45) is 4.99 Å². The number of carbonyl (C=O) groups is 1. The average molecular weight is 320 g/mol. The van der Waals surface area contributed by atoms with Crippen molar-refractivity contribution in [2.45, 2.75) is 20.8 Å². The van der Waals surface area contributed by atoms with Crippen LogP contribution in [0, 0.1) is 6.92 Å². The number of aliphatic imine (C=N–C) groups is 1. The number of ketones is 1. The third-order valence-corrected chi connectivity index (χ3v) is 4.01. The molecule has 4 heteroatoms. The van der Waals surface area contributed by atoms with Gasteiger partial charge in [0.25, 0.3) is 0 Å². The lowest BCUT2D eigenvalue weighted by atomic mass is 10.1. The Morgan fingerprint density at radius 2 is 1.83 bits per heavy atom. The topological polar surface area (TPSA) is 54.6 Å². The molecule has 0 spiro atoms. The highest BCUT2D eigenvalue weighted by atomic mass is 16.3. The van der Waals surface area contributed by atoms with E-state index in [0.717, 1.165) is 22.2 Å². The molecule has 122 valence electrons. The average Bonchev–Trinajstić information content (AvgIpc) is 2.84. The third-order valence-electron chi connectivity index (χ3n) is 4.01. The van der Waals surface area contributed by atoms with Gasteiger partial charge < -0.3 is 5.11 Å². The number of benzene rings is 2. The van der Waals surface area contributed by atoms with Gasteiger partial charge in [-0.1, -0.05) is 30.3 Å². The first-order valence-electron chi connectivity index (χ1n) is 7.89. The summed E-state index contributed by atoms with van der Waals surface area (Å²) in [7, 11) is 0. The van der Waals surface area contributed by atoms with Crippen molar-refractivity contribution in [2.75, 3.05) is 6.54 Å². The monoisotopic (exact) mass is 320 g/mol. The number of aryl methyl sites for hydroxylation is 1. The lowest BCUT2D eigenvalue weighted by Crippen LogP contribution is -2.02. The highest BCUT2D eigenvalue weighted by molar-refractivity contribution is 6.13. The molecule has 3 aromatic rings. The number of nitrogens with zero attached hydrogens (tertiary/aromatic N) is 2. The summed E-state index contributed by atoms with van der Waals surface area (Å²) in [5.74, 6) is 0.142. The van der Waals surface area contributed by atoms with E-state index in [2.05, 4.69) is 4.99 Å². The summed E-state index contributed by atoms with van der Waals surface area (Å²) in [6.07, 6.45) is 0. The molecule has 0 aliphatic carbocycles. The van der Waals surface area contributed by atoms with Crippen LogP contribution < -0.4 is 0 Å². The number of Topliss-reactive ketones (excluding diaryl/α,β-unsaturated/α-hetero) is 1. The van der Waals surface area contributed by atoms with Crippen LogP contribution in [0.25, 0.3) is 16.6 Å². The second kappa shape index (κ2) is 6.32. The van der Waals surface area contributed by atoms with E-state index in [-0.39, 0.29) is 18.2 Å². The van der Waals surface area contributed by atoms with Crippen molar-refractivity contribution in [1.29, 1.82) is 0 Å². The molecule has 3 rings (SSSR count). The number of aromatic hydroxyl groups is 1. The van der Waals surface area contributed by atoms with E-state index in [4.69, 9.17) is 0 Å². The van der Waals surface area contributed by atoms with Crippen molar-refractivity contribution in [1.82, 2.24) is 4.57 Å². The molecule has 0 bridgehead atoms. The van der Waals surface area contributed by atoms with Crippen molar-refractivity contribution < 1.29 is 9.90 Å². The minimum Gasteiger partial charge on any atom is -0.494 e. The van der Waals surface area contributed by atoms with Crippen LogP contribution >= 0.6 is 0 Å². The predicted molar refractivity (Wildman–Crippen MR) is 97.4 cm³/mol. The van der Waals surface area contributed by atoms with Crippen molar-refractivity contribution in [3.8, 4) is 11.6 Å². The Hall–Kier alpha value is -2.88. The Bertz CT molecular complexity index is 937. The summed E-state index contributed by atoms with van der Waals surface area (Å²) in [5, 5.41) is 11.8. The molecule has 0 atom stereocenters. The molecule has 4 nitrogen and oxygen atoms in total. The summed E-state index contributed by atoms with van der Waals surface area (Å²) in [4.78, 5) is 15.6. The molecule has 1 N–H and O–H groups in total. The number of hydrogen-bond acceptors (Lipinski definition) is 3. The highest BCUT2D eigenvalue weighted by Gasteiger charge is 2.19. The van der Waals surface area contributed by atoms with Crippen LogP contribution in [-0.2, 0) is 4.79 Å². The van der Waals surface area contributed by atoms with Gasteiger partial charge in [-0.25, -0.2) is 0 Å². The number of hydrogen-bond donors (Lipinski definition) is 1. The maximum Gasteiger partial charge on any atom is 0.206 e.